The van der Waals surface area contributed by atoms with Crippen molar-refractivity contribution in [1.82, 2.24) is 4.98 Å². The fourth-order valence-electron chi connectivity index (χ4n) is 3.74. The van der Waals surface area contributed by atoms with Crippen LogP contribution in [0.2, 0.25) is 0 Å². The first kappa shape index (κ1) is 13.5. The molecule has 0 saturated heterocycles. The Labute approximate surface area is 140 Å². The van der Waals surface area contributed by atoms with Crippen molar-refractivity contribution in [2.45, 2.75) is 13.8 Å². The van der Waals surface area contributed by atoms with Crippen molar-refractivity contribution in [3.05, 3.63) is 77.9 Å². The predicted molar refractivity (Wildman–Crippen MR) is 104 cm³/mol. The molecule has 24 heavy (non-hydrogen) atoms. The molecule has 1 heterocycles. The summed E-state index contributed by atoms with van der Waals surface area (Å²) in [5.74, 6) is 0. The van der Waals surface area contributed by atoms with Crippen LogP contribution in [0.4, 0.5) is 0 Å². The molecule has 0 aliphatic carbocycles. The number of aromatic nitrogens is 1. The van der Waals surface area contributed by atoms with Gasteiger partial charge in [-0.2, -0.15) is 0 Å². The van der Waals surface area contributed by atoms with Gasteiger partial charge in [0.05, 0.1) is 11.0 Å². The van der Waals surface area contributed by atoms with Crippen LogP contribution in [0.25, 0.3) is 43.4 Å². The second kappa shape index (κ2) is 4.78. The van der Waals surface area contributed by atoms with Crippen LogP contribution in [0.5, 0.6) is 0 Å². The number of aryl methyl sites for hydroxylation is 2. The SMILES string of the molecule is Cc1ccc2c(ccc3c4cc5ccccc5nc4ccc23)c1C. The molecular formula is C23H17N. The van der Waals surface area contributed by atoms with E-state index in [0.717, 1.165) is 11.0 Å². The Balaban J connectivity index is 1.99. The van der Waals surface area contributed by atoms with Crippen LogP contribution >= 0.6 is 0 Å². The summed E-state index contributed by atoms with van der Waals surface area (Å²) in [6, 6.07) is 23.9. The molecule has 114 valence electrons. The van der Waals surface area contributed by atoms with Gasteiger partial charge in [-0.3, -0.25) is 0 Å². The minimum atomic E-state index is 1.05. The molecule has 0 saturated carbocycles. The molecule has 0 spiro atoms. The average Bonchev–Trinajstić information content (AvgIpc) is 2.62. The van der Waals surface area contributed by atoms with Crippen molar-refractivity contribution in [3.63, 3.8) is 0 Å². The highest BCUT2D eigenvalue weighted by atomic mass is 14.7. The van der Waals surface area contributed by atoms with E-state index < -0.39 is 0 Å². The predicted octanol–water partition coefficient (Wildman–Crippen LogP) is 6.31. The van der Waals surface area contributed by atoms with Gasteiger partial charge in [0.1, 0.15) is 0 Å². The molecule has 4 aromatic carbocycles. The second-order valence-electron chi connectivity index (χ2n) is 6.58. The quantitative estimate of drug-likeness (QED) is 0.241. The van der Waals surface area contributed by atoms with Gasteiger partial charge in [0, 0.05) is 10.8 Å². The molecule has 1 aromatic heterocycles. The standard InChI is InChI=1S/C23H17N/c1-14-7-8-18-17(15(14)2)9-10-20-19(18)11-12-23-21(20)13-16-5-3-4-6-22(16)24-23/h3-13H,1-2H3. The van der Waals surface area contributed by atoms with Gasteiger partial charge in [0.25, 0.3) is 0 Å². The number of nitrogens with zero attached hydrogens (tertiary/aromatic N) is 1. The lowest BCUT2D eigenvalue weighted by Crippen LogP contribution is -1.88. The lowest BCUT2D eigenvalue weighted by molar-refractivity contribution is 1.38. The van der Waals surface area contributed by atoms with Gasteiger partial charge < -0.3 is 0 Å². The van der Waals surface area contributed by atoms with Crippen molar-refractivity contribution in [2.75, 3.05) is 0 Å². The molecule has 0 bridgehead atoms. The third-order valence-corrected chi connectivity index (χ3v) is 5.23. The van der Waals surface area contributed by atoms with Crippen LogP contribution in [0.15, 0.2) is 66.7 Å². The Bertz CT molecular complexity index is 1270. The third kappa shape index (κ3) is 1.78. The van der Waals surface area contributed by atoms with E-state index in [1.165, 1.54) is 43.4 Å². The summed E-state index contributed by atoms with van der Waals surface area (Å²) in [5, 5.41) is 7.67. The van der Waals surface area contributed by atoms with Gasteiger partial charge in [0.2, 0.25) is 0 Å². The zero-order valence-corrected chi connectivity index (χ0v) is 13.8. The number of benzene rings is 4. The van der Waals surface area contributed by atoms with Gasteiger partial charge >= 0.3 is 0 Å². The monoisotopic (exact) mass is 307 g/mol. The Hall–Kier alpha value is -2.93. The molecule has 0 fully saturated rings. The molecule has 5 aromatic rings. The molecule has 0 unspecified atom stereocenters. The lowest BCUT2D eigenvalue weighted by Gasteiger charge is -2.11. The minimum Gasteiger partial charge on any atom is -0.248 e. The molecule has 0 N–H and O–H groups in total. The summed E-state index contributed by atoms with van der Waals surface area (Å²) in [6.07, 6.45) is 0. The van der Waals surface area contributed by atoms with Crippen molar-refractivity contribution < 1.29 is 0 Å². The highest BCUT2D eigenvalue weighted by Crippen LogP contribution is 2.33. The second-order valence-corrected chi connectivity index (χ2v) is 6.58. The largest absolute Gasteiger partial charge is 0.248 e. The first-order valence-electron chi connectivity index (χ1n) is 8.33. The zero-order chi connectivity index (χ0) is 16.3. The number of pyridine rings is 1. The molecule has 0 amide bonds. The molecule has 1 nitrogen and oxygen atoms in total. The maximum Gasteiger partial charge on any atom is 0.0716 e. The van der Waals surface area contributed by atoms with Crippen LogP contribution in [0, 0.1) is 13.8 Å². The van der Waals surface area contributed by atoms with Crippen molar-refractivity contribution >= 4 is 43.4 Å². The van der Waals surface area contributed by atoms with Gasteiger partial charge in [-0.1, -0.05) is 48.5 Å². The van der Waals surface area contributed by atoms with Crippen LogP contribution in [0.1, 0.15) is 11.1 Å². The molecule has 1 heteroatoms. The zero-order valence-electron chi connectivity index (χ0n) is 13.8. The maximum absolute atomic E-state index is 4.84. The maximum atomic E-state index is 4.84. The molecule has 0 aliphatic heterocycles. The highest BCUT2D eigenvalue weighted by Gasteiger charge is 2.08. The van der Waals surface area contributed by atoms with E-state index in [1.807, 2.05) is 6.07 Å². The Kier molecular flexibility index (Phi) is 2.69. The summed E-state index contributed by atoms with van der Waals surface area (Å²) < 4.78 is 0. The third-order valence-electron chi connectivity index (χ3n) is 5.23. The Morgan fingerprint density at radius 2 is 1.25 bits per heavy atom. The summed E-state index contributed by atoms with van der Waals surface area (Å²) in [5.41, 5.74) is 4.82. The first-order chi connectivity index (χ1) is 11.7. The minimum absolute atomic E-state index is 1.05. The van der Waals surface area contributed by atoms with Crippen LogP contribution in [-0.2, 0) is 0 Å². The van der Waals surface area contributed by atoms with Crippen LogP contribution < -0.4 is 0 Å². The fourth-order valence-corrected chi connectivity index (χ4v) is 3.74. The van der Waals surface area contributed by atoms with Crippen LogP contribution in [-0.4, -0.2) is 4.98 Å². The molecule has 0 atom stereocenters. The van der Waals surface area contributed by atoms with Crippen molar-refractivity contribution in [2.24, 2.45) is 0 Å². The average molecular weight is 307 g/mol. The van der Waals surface area contributed by atoms with Gasteiger partial charge in [-0.15, -0.1) is 0 Å². The highest BCUT2D eigenvalue weighted by molar-refractivity contribution is 6.18. The smallest absolute Gasteiger partial charge is 0.0716 e. The van der Waals surface area contributed by atoms with E-state index in [-0.39, 0.29) is 0 Å². The molecule has 0 radical (unpaired) electrons. The van der Waals surface area contributed by atoms with E-state index in [9.17, 15) is 0 Å². The number of fused-ring (bicyclic) bond motifs is 6. The van der Waals surface area contributed by atoms with Gasteiger partial charge in [0.15, 0.2) is 0 Å². The number of para-hydroxylation sites is 1. The molecule has 0 aliphatic rings. The number of rotatable bonds is 0. The van der Waals surface area contributed by atoms with Crippen molar-refractivity contribution in [3.8, 4) is 0 Å². The first-order valence-corrected chi connectivity index (χ1v) is 8.33. The van der Waals surface area contributed by atoms with E-state index in [0.29, 0.717) is 0 Å². The normalized spacial score (nSPS) is 11.8. The Morgan fingerprint density at radius 3 is 2.17 bits per heavy atom. The fraction of sp³-hybridized carbons (Fsp3) is 0.0870. The molecule has 5 rings (SSSR count). The van der Waals surface area contributed by atoms with Crippen molar-refractivity contribution in [1.29, 1.82) is 0 Å². The van der Waals surface area contributed by atoms with Gasteiger partial charge in [-0.25, -0.2) is 4.98 Å². The summed E-state index contributed by atoms with van der Waals surface area (Å²) in [4.78, 5) is 4.84. The van der Waals surface area contributed by atoms with E-state index in [4.69, 9.17) is 4.98 Å². The summed E-state index contributed by atoms with van der Waals surface area (Å²) >= 11 is 0. The topological polar surface area (TPSA) is 12.9 Å². The van der Waals surface area contributed by atoms with E-state index in [2.05, 4.69) is 74.5 Å². The Morgan fingerprint density at radius 1 is 0.583 bits per heavy atom. The number of hydrogen-bond acceptors (Lipinski definition) is 1. The van der Waals surface area contributed by atoms with Gasteiger partial charge in [-0.05, 0) is 64.7 Å². The molecular weight excluding hydrogens is 290 g/mol. The lowest BCUT2D eigenvalue weighted by atomic mass is 9.94. The summed E-state index contributed by atoms with van der Waals surface area (Å²) in [7, 11) is 0. The van der Waals surface area contributed by atoms with E-state index >= 15 is 0 Å². The number of hydrogen-bond donors (Lipinski definition) is 0. The van der Waals surface area contributed by atoms with E-state index in [1.54, 1.807) is 0 Å². The van der Waals surface area contributed by atoms with Crippen LogP contribution in [0.3, 0.4) is 0 Å². The summed E-state index contributed by atoms with van der Waals surface area (Å²) in [6.45, 7) is 4.38.